The zero-order valence-electron chi connectivity index (χ0n) is 11.0. The van der Waals surface area contributed by atoms with Crippen molar-refractivity contribution in [1.29, 1.82) is 0 Å². The zero-order chi connectivity index (χ0) is 13.1. The van der Waals surface area contributed by atoms with Crippen molar-refractivity contribution >= 4 is 22.6 Å². The van der Waals surface area contributed by atoms with Crippen molar-refractivity contribution in [1.82, 2.24) is 0 Å². The van der Waals surface area contributed by atoms with Crippen LogP contribution >= 0.6 is 22.6 Å². The van der Waals surface area contributed by atoms with Gasteiger partial charge in [-0.15, -0.1) is 0 Å². The van der Waals surface area contributed by atoms with Crippen LogP contribution in [-0.4, -0.2) is 3.92 Å². The van der Waals surface area contributed by atoms with Gasteiger partial charge in [0.1, 0.15) is 0 Å². The van der Waals surface area contributed by atoms with Crippen molar-refractivity contribution < 1.29 is 0 Å². The molecule has 0 aromatic heterocycles. The molecular formula is C18H19I. The lowest BCUT2D eigenvalue weighted by molar-refractivity contribution is 0.578. The van der Waals surface area contributed by atoms with Crippen molar-refractivity contribution in [2.75, 3.05) is 0 Å². The summed E-state index contributed by atoms with van der Waals surface area (Å²) in [5.41, 5.74) is 3.12. The van der Waals surface area contributed by atoms with Gasteiger partial charge in [0.2, 0.25) is 0 Å². The van der Waals surface area contributed by atoms with Crippen LogP contribution in [0.2, 0.25) is 0 Å². The Morgan fingerprint density at radius 1 is 1.00 bits per heavy atom. The Morgan fingerprint density at radius 2 is 1.84 bits per heavy atom. The molecule has 0 saturated heterocycles. The quantitative estimate of drug-likeness (QED) is 0.374. The van der Waals surface area contributed by atoms with E-state index in [4.69, 9.17) is 0 Å². The molecule has 19 heavy (non-hydrogen) atoms. The molecule has 2 aliphatic carbocycles. The Bertz CT molecular complexity index is 510. The Kier molecular flexibility index (Phi) is 4.21. The second-order valence-corrected chi connectivity index (χ2v) is 7.15. The van der Waals surface area contributed by atoms with Crippen molar-refractivity contribution in [2.24, 2.45) is 5.92 Å². The minimum atomic E-state index is 0.609. The number of allylic oxidation sites excluding steroid dienone is 6. The molecule has 3 atom stereocenters. The highest BCUT2D eigenvalue weighted by Crippen LogP contribution is 2.42. The van der Waals surface area contributed by atoms with Gasteiger partial charge < -0.3 is 0 Å². The van der Waals surface area contributed by atoms with Gasteiger partial charge in [0, 0.05) is 15.8 Å². The van der Waals surface area contributed by atoms with Gasteiger partial charge in [0.15, 0.2) is 0 Å². The molecule has 0 spiro atoms. The standard InChI is InChI=1S/C18H19I/c19-16-11-12-17(14-7-3-1-4-8-14)18(13-16)15-9-5-2-6-10-15/h1-7,9-10,12,14,16,18H,8,11,13H2. The maximum absolute atomic E-state index is 2.60. The van der Waals surface area contributed by atoms with Gasteiger partial charge in [-0.25, -0.2) is 0 Å². The van der Waals surface area contributed by atoms with Crippen molar-refractivity contribution in [3.05, 3.63) is 71.8 Å². The molecule has 0 aliphatic heterocycles. The van der Waals surface area contributed by atoms with E-state index in [9.17, 15) is 0 Å². The summed E-state index contributed by atoms with van der Waals surface area (Å²) in [7, 11) is 0. The van der Waals surface area contributed by atoms with E-state index < -0.39 is 0 Å². The average Bonchev–Trinajstić information content (AvgIpc) is 2.49. The lowest BCUT2D eigenvalue weighted by atomic mass is 9.75. The molecule has 1 aromatic rings. The van der Waals surface area contributed by atoms with Gasteiger partial charge in [-0.05, 0) is 24.8 Å². The lowest BCUT2D eigenvalue weighted by Crippen LogP contribution is -2.19. The third kappa shape index (κ3) is 3.02. The van der Waals surface area contributed by atoms with Crippen molar-refractivity contribution in [3.63, 3.8) is 0 Å². The Balaban J connectivity index is 1.91. The van der Waals surface area contributed by atoms with Crippen molar-refractivity contribution in [2.45, 2.75) is 29.1 Å². The molecule has 1 heteroatoms. The van der Waals surface area contributed by atoms with E-state index in [1.165, 1.54) is 18.4 Å². The summed E-state index contributed by atoms with van der Waals surface area (Å²) in [5, 5.41) is 0. The normalized spacial score (nSPS) is 30.2. The molecule has 0 amide bonds. The first-order valence-electron chi connectivity index (χ1n) is 7.07. The average molecular weight is 362 g/mol. The second kappa shape index (κ2) is 6.08. The fourth-order valence-corrected chi connectivity index (χ4v) is 3.91. The monoisotopic (exact) mass is 362 g/mol. The van der Waals surface area contributed by atoms with Crippen LogP contribution in [0.15, 0.2) is 66.3 Å². The third-order valence-electron chi connectivity index (χ3n) is 4.11. The van der Waals surface area contributed by atoms with E-state index in [2.05, 4.69) is 83.3 Å². The minimum Gasteiger partial charge on any atom is -0.0836 e. The molecule has 0 saturated carbocycles. The lowest BCUT2D eigenvalue weighted by Gasteiger charge is -2.32. The van der Waals surface area contributed by atoms with E-state index in [-0.39, 0.29) is 0 Å². The van der Waals surface area contributed by atoms with E-state index >= 15 is 0 Å². The summed E-state index contributed by atoms with van der Waals surface area (Å²) in [6, 6.07) is 11.0. The molecule has 1 aromatic carbocycles. The number of hydrogen-bond acceptors (Lipinski definition) is 0. The largest absolute Gasteiger partial charge is 0.0836 e. The van der Waals surface area contributed by atoms with Crippen LogP contribution in [0.4, 0.5) is 0 Å². The maximum atomic E-state index is 2.60. The van der Waals surface area contributed by atoms with E-state index in [1.807, 2.05) is 0 Å². The molecule has 2 aliphatic rings. The van der Waals surface area contributed by atoms with Crippen LogP contribution in [0, 0.1) is 5.92 Å². The Labute approximate surface area is 129 Å². The molecule has 0 bridgehead atoms. The van der Waals surface area contributed by atoms with Gasteiger partial charge >= 0.3 is 0 Å². The zero-order valence-corrected chi connectivity index (χ0v) is 13.2. The molecule has 98 valence electrons. The van der Waals surface area contributed by atoms with E-state index in [0.717, 1.165) is 10.3 Å². The highest BCUT2D eigenvalue weighted by atomic mass is 127. The number of benzene rings is 1. The topological polar surface area (TPSA) is 0 Å². The van der Waals surface area contributed by atoms with Crippen molar-refractivity contribution in [3.8, 4) is 0 Å². The van der Waals surface area contributed by atoms with Gasteiger partial charge in [-0.1, -0.05) is 88.9 Å². The summed E-state index contributed by atoms with van der Waals surface area (Å²) in [5.74, 6) is 1.22. The molecule has 0 radical (unpaired) electrons. The van der Waals surface area contributed by atoms with E-state index in [1.54, 1.807) is 5.57 Å². The molecule has 3 unspecified atom stereocenters. The highest BCUT2D eigenvalue weighted by Gasteiger charge is 2.27. The van der Waals surface area contributed by atoms with Crippen LogP contribution in [-0.2, 0) is 0 Å². The SMILES string of the molecule is IC1CC=C(C2C=CC=CC2)C(c2ccccc2)C1. The summed E-state index contributed by atoms with van der Waals surface area (Å²) in [4.78, 5) is 0. The fraction of sp³-hybridized carbons (Fsp3) is 0.333. The van der Waals surface area contributed by atoms with Gasteiger partial charge in [-0.2, -0.15) is 0 Å². The summed E-state index contributed by atoms with van der Waals surface area (Å²) in [6.45, 7) is 0. The van der Waals surface area contributed by atoms with Crippen LogP contribution < -0.4 is 0 Å². The number of hydrogen-bond donors (Lipinski definition) is 0. The smallest absolute Gasteiger partial charge is 0.0153 e. The van der Waals surface area contributed by atoms with Gasteiger partial charge in [0.25, 0.3) is 0 Å². The fourth-order valence-electron chi connectivity index (χ4n) is 3.15. The maximum Gasteiger partial charge on any atom is 0.0153 e. The summed E-state index contributed by atoms with van der Waals surface area (Å²) >= 11 is 2.60. The predicted molar refractivity (Wildman–Crippen MR) is 90.7 cm³/mol. The molecule has 0 fully saturated rings. The second-order valence-electron chi connectivity index (χ2n) is 5.39. The highest BCUT2D eigenvalue weighted by molar-refractivity contribution is 14.1. The molecular weight excluding hydrogens is 343 g/mol. The summed E-state index contributed by atoms with van der Waals surface area (Å²) < 4.78 is 0.773. The first kappa shape index (κ1) is 13.2. The van der Waals surface area contributed by atoms with Crippen LogP contribution in [0.25, 0.3) is 0 Å². The Morgan fingerprint density at radius 3 is 2.58 bits per heavy atom. The van der Waals surface area contributed by atoms with Crippen LogP contribution in [0.1, 0.15) is 30.7 Å². The predicted octanol–water partition coefficient (Wildman–Crippen LogP) is 5.43. The first-order valence-corrected chi connectivity index (χ1v) is 8.31. The van der Waals surface area contributed by atoms with Crippen LogP contribution in [0.5, 0.6) is 0 Å². The third-order valence-corrected chi connectivity index (χ3v) is 5.13. The number of halogens is 1. The number of alkyl halides is 1. The molecule has 0 nitrogen and oxygen atoms in total. The van der Waals surface area contributed by atoms with E-state index in [0.29, 0.717) is 11.8 Å². The molecule has 3 rings (SSSR count). The number of rotatable bonds is 2. The van der Waals surface area contributed by atoms with Gasteiger partial charge in [-0.3, -0.25) is 0 Å². The minimum absolute atomic E-state index is 0.609. The molecule has 0 N–H and O–H groups in total. The Hall–Kier alpha value is -0.830. The molecule has 0 heterocycles. The summed E-state index contributed by atoms with van der Waals surface area (Å²) in [6.07, 6.45) is 15.2. The first-order chi connectivity index (χ1) is 9.34. The van der Waals surface area contributed by atoms with Crippen LogP contribution in [0.3, 0.4) is 0 Å². The van der Waals surface area contributed by atoms with Gasteiger partial charge in [0.05, 0.1) is 0 Å².